The molecule has 1 N–H and O–H groups in total. The van der Waals surface area contributed by atoms with Crippen LogP contribution in [0.25, 0.3) is 0 Å². The van der Waals surface area contributed by atoms with Gasteiger partial charge in [-0.05, 0) is 25.7 Å². The quantitative estimate of drug-likeness (QED) is 0.838. The summed E-state index contributed by atoms with van der Waals surface area (Å²) in [5, 5.41) is 3.42. The summed E-state index contributed by atoms with van der Waals surface area (Å²) in [6, 6.07) is 2.28. The van der Waals surface area contributed by atoms with Gasteiger partial charge in [-0.3, -0.25) is 4.79 Å². The summed E-state index contributed by atoms with van der Waals surface area (Å²) in [4.78, 5) is 22.8. The highest BCUT2D eigenvalue weighted by atomic mass is 16.2. The van der Waals surface area contributed by atoms with E-state index in [1.54, 1.807) is 6.07 Å². The van der Waals surface area contributed by atoms with E-state index in [-0.39, 0.29) is 5.91 Å². The summed E-state index contributed by atoms with van der Waals surface area (Å²) in [5.41, 5.74) is 0.493. The minimum absolute atomic E-state index is 0.00979. The van der Waals surface area contributed by atoms with Gasteiger partial charge < -0.3 is 10.2 Å². The van der Waals surface area contributed by atoms with Crippen molar-refractivity contribution in [2.24, 2.45) is 0 Å². The zero-order valence-electron chi connectivity index (χ0n) is 13.1. The van der Waals surface area contributed by atoms with Crippen molar-refractivity contribution in [3.8, 4) is 0 Å². The highest BCUT2D eigenvalue weighted by molar-refractivity contribution is 5.92. The van der Waals surface area contributed by atoms with Crippen LogP contribution < -0.4 is 5.32 Å². The van der Waals surface area contributed by atoms with Crippen LogP contribution in [0, 0.1) is 0 Å². The maximum absolute atomic E-state index is 12.5. The first-order valence-corrected chi connectivity index (χ1v) is 8.12. The van der Waals surface area contributed by atoms with E-state index in [0.29, 0.717) is 11.7 Å². The molecule has 1 aliphatic carbocycles. The van der Waals surface area contributed by atoms with Crippen LogP contribution in [0.3, 0.4) is 0 Å². The maximum Gasteiger partial charge on any atom is 0.272 e. The Hall–Kier alpha value is -1.65. The molecule has 0 radical (unpaired) electrons. The predicted octanol–water partition coefficient (Wildman–Crippen LogP) is 3.09. The Labute approximate surface area is 127 Å². The fourth-order valence-electron chi connectivity index (χ4n) is 2.85. The van der Waals surface area contributed by atoms with E-state index in [1.807, 2.05) is 4.90 Å². The topological polar surface area (TPSA) is 58.1 Å². The number of hydrogen-bond acceptors (Lipinski definition) is 4. The van der Waals surface area contributed by atoms with Gasteiger partial charge in [0.15, 0.2) is 0 Å². The van der Waals surface area contributed by atoms with Crippen LogP contribution in [0.4, 0.5) is 5.82 Å². The lowest BCUT2D eigenvalue weighted by Crippen LogP contribution is -2.33. The van der Waals surface area contributed by atoms with Crippen molar-refractivity contribution >= 4 is 11.7 Å². The maximum atomic E-state index is 12.5. The number of nitrogens with zero attached hydrogens (tertiary/aromatic N) is 3. The van der Waals surface area contributed by atoms with Crippen molar-refractivity contribution in [3.63, 3.8) is 0 Å². The van der Waals surface area contributed by atoms with Crippen molar-refractivity contribution < 1.29 is 4.79 Å². The second-order valence-electron chi connectivity index (χ2n) is 5.71. The summed E-state index contributed by atoms with van der Waals surface area (Å²) in [5.74, 6) is 0.781. The van der Waals surface area contributed by atoms with Crippen LogP contribution in [-0.2, 0) is 0 Å². The van der Waals surface area contributed by atoms with Gasteiger partial charge in [-0.25, -0.2) is 9.97 Å². The third-order valence-electron chi connectivity index (χ3n) is 3.87. The molecule has 116 valence electrons. The lowest BCUT2D eigenvalue weighted by atomic mass is 10.2. The summed E-state index contributed by atoms with van der Waals surface area (Å²) in [6.45, 7) is 5.73. The molecule has 0 aliphatic heterocycles. The molecule has 0 unspecified atom stereocenters. The van der Waals surface area contributed by atoms with Crippen molar-refractivity contribution in [2.75, 3.05) is 18.4 Å². The molecule has 5 nitrogen and oxygen atoms in total. The summed E-state index contributed by atoms with van der Waals surface area (Å²) >= 11 is 0. The minimum atomic E-state index is 0.00979. The Morgan fingerprint density at radius 1 is 1.24 bits per heavy atom. The fraction of sp³-hybridized carbons (Fsp3) is 0.688. The smallest absolute Gasteiger partial charge is 0.272 e. The van der Waals surface area contributed by atoms with E-state index >= 15 is 0 Å². The molecule has 0 aromatic carbocycles. The number of nitrogens with one attached hydrogen (secondary N) is 1. The Morgan fingerprint density at radius 2 is 1.90 bits per heavy atom. The van der Waals surface area contributed by atoms with Crippen LogP contribution in [0.1, 0.15) is 62.9 Å². The standard InChI is InChI=1S/C16H26N4O/c1-3-9-20(10-4-2)16(21)14-11-15(18-12-17-14)19-13-7-5-6-8-13/h11-13H,3-10H2,1-2H3,(H,17,18,19). The molecule has 21 heavy (non-hydrogen) atoms. The minimum Gasteiger partial charge on any atom is -0.367 e. The largest absolute Gasteiger partial charge is 0.367 e. The van der Waals surface area contributed by atoms with Gasteiger partial charge in [0.2, 0.25) is 0 Å². The Kier molecular flexibility index (Phi) is 5.96. The molecular formula is C16H26N4O. The third-order valence-corrected chi connectivity index (χ3v) is 3.87. The number of aromatic nitrogens is 2. The molecule has 0 bridgehead atoms. The molecular weight excluding hydrogens is 264 g/mol. The second-order valence-corrected chi connectivity index (χ2v) is 5.71. The molecule has 1 fully saturated rings. The van der Waals surface area contributed by atoms with Gasteiger partial charge in [-0.1, -0.05) is 26.7 Å². The molecule has 1 amide bonds. The van der Waals surface area contributed by atoms with E-state index < -0.39 is 0 Å². The van der Waals surface area contributed by atoms with Gasteiger partial charge in [-0.15, -0.1) is 0 Å². The molecule has 1 saturated carbocycles. The van der Waals surface area contributed by atoms with Gasteiger partial charge in [0.25, 0.3) is 5.91 Å². The van der Waals surface area contributed by atoms with E-state index in [4.69, 9.17) is 0 Å². The summed E-state index contributed by atoms with van der Waals surface area (Å²) in [6.07, 6.45) is 8.33. The lowest BCUT2D eigenvalue weighted by molar-refractivity contribution is 0.0749. The first kappa shape index (κ1) is 15.7. The van der Waals surface area contributed by atoms with Gasteiger partial charge >= 0.3 is 0 Å². The highest BCUT2D eigenvalue weighted by Crippen LogP contribution is 2.21. The Bertz CT molecular complexity index is 451. The average molecular weight is 290 g/mol. The molecule has 1 aromatic heterocycles. The van der Waals surface area contributed by atoms with Crippen molar-refractivity contribution in [3.05, 3.63) is 18.1 Å². The van der Waals surface area contributed by atoms with Crippen LogP contribution >= 0.6 is 0 Å². The SMILES string of the molecule is CCCN(CCC)C(=O)c1cc(NC2CCCC2)ncn1. The number of anilines is 1. The molecule has 2 rings (SSSR count). The first-order chi connectivity index (χ1) is 10.2. The van der Waals surface area contributed by atoms with Crippen molar-refractivity contribution in [1.82, 2.24) is 14.9 Å². The second kappa shape index (κ2) is 7.96. The number of amides is 1. The van der Waals surface area contributed by atoms with Crippen LogP contribution in [0.15, 0.2) is 12.4 Å². The van der Waals surface area contributed by atoms with Crippen LogP contribution in [0.2, 0.25) is 0 Å². The zero-order valence-corrected chi connectivity index (χ0v) is 13.1. The van der Waals surface area contributed by atoms with E-state index in [0.717, 1.165) is 31.7 Å². The molecule has 5 heteroatoms. The zero-order chi connectivity index (χ0) is 15.1. The van der Waals surface area contributed by atoms with Gasteiger partial charge in [-0.2, -0.15) is 0 Å². The molecule has 1 heterocycles. The Morgan fingerprint density at radius 3 is 2.52 bits per heavy atom. The molecule has 0 saturated heterocycles. The van der Waals surface area contributed by atoms with E-state index in [9.17, 15) is 4.79 Å². The van der Waals surface area contributed by atoms with Gasteiger partial charge in [0.1, 0.15) is 17.8 Å². The lowest BCUT2D eigenvalue weighted by Gasteiger charge is -2.21. The van der Waals surface area contributed by atoms with Gasteiger partial charge in [0.05, 0.1) is 0 Å². The summed E-state index contributed by atoms with van der Waals surface area (Å²) < 4.78 is 0. The molecule has 0 atom stereocenters. The number of rotatable bonds is 7. The molecule has 1 aliphatic rings. The predicted molar refractivity (Wildman–Crippen MR) is 84.4 cm³/mol. The molecule has 0 spiro atoms. The van der Waals surface area contributed by atoms with Crippen molar-refractivity contribution in [2.45, 2.75) is 58.4 Å². The van der Waals surface area contributed by atoms with Crippen LogP contribution in [0.5, 0.6) is 0 Å². The third kappa shape index (κ3) is 4.41. The summed E-state index contributed by atoms with van der Waals surface area (Å²) in [7, 11) is 0. The average Bonchev–Trinajstić information content (AvgIpc) is 2.99. The van der Waals surface area contributed by atoms with Crippen molar-refractivity contribution in [1.29, 1.82) is 0 Å². The monoisotopic (exact) mass is 290 g/mol. The van der Waals surface area contributed by atoms with Gasteiger partial charge in [0, 0.05) is 25.2 Å². The number of carbonyl (C=O) groups excluding carboxylic acids is 1. The highest BCUT2D eigenvalue weighted by Gasteiger charge is 2.18. The first-order valence-electron chi connectivity index (χ1n) is 8.12. The Balaban J connectivity index is 2.05. The normalized spacial score (nSPS) is 15.1. The number of carbonyl (C=O) groups is 1. The fourth-order valence-corrected chi connectivity index (χ4v) is 2.85. The van der Waals surface area contributed by atoms with Crippen LogP contribution in [-0.4, -0.2) is 39.9 Å². The molecule has 1 aromatic rings. The van der Waals surface area contributed by atoms with E-state index in [2.05, 4.69) is 29.1 Å². The number of hydrogen-bond donors (Lipinski definition) is 1. The van der Waals surface area contributed by atoms with E-state index in [1.165, 1.54) is 32.0 Å².